The number of hydrogen-bond acceptors (Lipinski definition) is 3. The van der Waals surface area contributed by atoms with E-state index in [0.29, 0.717) is 29.1 Å². The van der Waals surface area contributed by atoms with Crippen molar-refractivity contribution in [1.29, 1.82) is 0 Å². The van der Waals surface area contributed by atoms with Gasteiger partial charge in [-0.05, 0) is 42.5 Å². The van der Waals surface area contributed by atoms with Crippen LogP contribution in [0.1, 0.15) is 34.7 Å². The summed E-state index contributed by atoms with van der Waals surface area (Å²) in [5.74, 6) is 0.512. The van der Waals surface area contributed by atoms with Crippen molar-refractivity contribution in [1.82, 2.24) is 19.4 Å². The van der Waals surface area contributed by atoms with E-state index in [1.54, 1.807) is 6.20 Å². The third-order valence-corrected chi connectivity index (χ3v) is 7.25. The number of aromatic nitrogens is 2. The maximum Gasteiger partial charge on any atom is 0.257 e. The number of rotatable bonds is 2. The maximum absolute atomic E-state index is 13.2. The molecule has 0 saturated carbocycles. The van der Waals surface area contributed by atoms with Crippen molar-refractivity contribution in [3.05, 3.63) is 63.9 Å². The molecule has 0 radical (unpaired) electrons. The lowest BCUT2D eigenvalue weighted by atomic mass is 9.86. The van der Waals surface area contributed by atoms with E-state index in [1.807, 2.05) is 40.9 Å². The molecule has 0 unspecified atom stereocenters. The third kappa shape index (κ3) is 3.49. The Morgan fingerprint density at radius 3 is 2.67 bits per heavy atom. The van der Waals surface area contributed by atoms with Crippen molar-refractivity contribution in [2.75, 3.05) is 26.2 Å². The summed E-state index contributed by atoms with van der Waals surface area (Å²) in [5.41, 5.74) is 2.64. The van der Waals surface area contributed by atoms with Gasteiger partial charge in [-0.15, -0.1) is 0 Å². The van der Waals surface area contributed by atoms with Gasteiger partial charge in [-0.3, -0.25) is 9.69 Å². The number of amides is 1. The molecule has 0 N–H and O–H groups in total. The molecule has 4 heterocycles. The van der Waals surface area contributed by atoms with Crippen LogP contribution in [0.2, 0.25) is 10.0 Å². The van der Waals surface area contributed by atoms with Gasteiger partial charge < -0.3 is 9.47 Å². The van der Waals surface area contributed by atoms with Crippen LogP contribution in [0.4, 0.5) is 0 Å². The number of piperazine rings is 1. The van der Waals surface area contributed by atoms with E-state index < -0.39 is 0 Å². The van der Waals surface area contributed by atoms with Gasteiger partial charge in [0.05, 0.1) is 10.6 Å². The Hall–Kier alpha value is -2.08. The second-order valence-electron chi connectivity index (χ2n) is 8.38. The van der Waals surface area contributed by atoms with Gasteiger partial charge in [0, 0.05) is 62.1 Å². The number of halogens is 2. The Labute approximate surface area is 186 Å². The molecule has 2 aromatic heterocycles. The van der Waals surface area contributed by atoms with Crippen molar-refractivity contribution in [3.8, 4) is 0 Å². The Morgan fingerprint density at radius 2 is 1.87 bits per heavy atom. The van der Waals surface area contributed by atoms with E-state index in [0.717, 1.165) is 48.5 Å². The number of piperidine rings is 1. The zero-order valence-corrected chi connectivity index (χ0v) is 18.4. The normalized spacial score (nSPS) is 22.3. The molecule has 1 aromatic carbocycles. The highest BCUT2D eigenvalue weighted by atomic mass is 35.5. The Kier molecular flexibility index (Phi) is 5.21. The minimum Gasteiger partial charge on any atom is -0.336 e. The summed E-state index contributed by atoms with van der Waals surface area (Å²) in [6.45, 7) is 3.38. The molecule has 2 aliphatic rings. The predicted molar refractivity (Wildman–Crippen MR) is 120 cm³/mol. The zero-order chi connectivity index (χ0) is 20.8. The first-order valence-corrected chi connectivity index (χ1v) is 11.1. The van der Waals surface area contributed by atoms with Crippen LogP contribution >= 0.6 is 23.2 Å². The fraction of sp³-hybridized carbons (Fsp3) is 0.391. The molecule has 30 heavy (non-hydrogen) atoms. The molecule has 7 heteroatoms. The van der Waals surface area contributed by atoms with E-state index in [9.17, 15) is 4.79 Å². The lowest BCUT2D eigenvalue weighted by molar-refractivity contribution is 0.0329. The molecular formula is C23H24Cl2N4O. The van der Waals surface area contributed by atoms with Gasteiger partial charge in [0.2, 0.25) is 0 Å². The van der Waals surface area contributed by atoms with E-state index >= 15 is 0 Å². The summed E-state index contributed by atoms with van der Waals surface area (Å²) in [7, 11) is 1.92. The van der Waals surface area contributed by atoms with E-state index in [1.165, 1.54) is 5.56 Å². The minimum absolute atomic E-state index is 0.0160. The van der Waals surface area contributed by atoms with Crippen LogP contribution in [-0.2, 0) is 7.05 Å². The zero-order valence-electron chi connectivity index (χ0n) is 16.9. The van der Waals surface area contributed by atoms with Crippen LogP contribution < -0.4 is 0 Å². The SMILES string of the molecule is Cn1ccc2c(Cl)c(C(=O)N3CCN4C[C@@H](c5ccc(Cl)cc5)CC[C@@H]4C3)cnc21. The average molecular weight is 443 g/mol. The van der Waals surface area contributed by atoms with Gasteiger partial charge in [0.15, 0.2) is 0 Å². The highest BCUT2D eigenvalue weighted by Gasteiger charge is 2.35. The molecule has 2 fully saturated rings. The number of benzene rings is 1. The number of carbonyl (C=O) groups is 1. The predicted octanol–water partition coefficient (Wildman–Crippen LogP) is 4.58. The summed E-state index contributed by atoms with van der Waals surface area (Å²) in [4.78, 5) is 22.2. The monoisotopic (exact) mass is 442 g/mol. The van der Waals surface area contributed by atoms with Crippen molar-refractivity contribution in [2.45, 2.75) is 24.8 Å². The van der Waals surface area contributed by atoms with E-state index in [4.69, 9.17) is 23.2 Å². The quantitative estimate of drug-likeness (QED) is 0.582. The van der Waals surface area contributed by atoms with Crippen LogP contribution in [-0.4, -0.2) is 57.5 Å². The van der Waals surface area contributed by atoms with Crippen LogP contribution in [0.15, 0.2) is 42.7 Å². The molecule has 5 nitrogen and oxygen atoms in total. The highest BCUT2D eigenvalue weighted by Crippen LogP contribution is 2.33. The lowest BCUT2D eigenvalue weighted by Crippen LogP contribution is -2.57. The van der Waals surface area contributed by atoms with Gasteiger partial charge >= 0.3 is 0 Å². The molecule has 2 atom stereocenters. The van der Waals surface area contributed by atoms with Gasteiger partial charge in [-0.2, -0.15) is 0 Å². The summed E-state index contributed by atoms with van der Waals surface area (Å²) >= 11 is 12.6. The molecule has 0 bridgehead atoms. The number of hydrogen-bond donors (Lipinski definition) is 0. The van der Waals surface area contributed by atoms with Crippen LogP contribution in [0.25, 0.3) is 11.0 Å². The second kappa shape index (κ2) is 7.88. The van der Waals surface area contributed by atoms with Crippen LogP contribution in [0, 0.1) is 0 Å². The number of aryl methyl sites for hydroxylation is 1. The molecule has 1 amide bonds. The molecule has 2 saturated heterocycles. The van der Waals surface area contributed by atoms with Crippen LogP contribution in [0.3, 0.4) is 0 Å². The van der Waals surface area contributed by atoms with Crippen molar-refractivity contribution < 1.29 is 4.79 Å². The Bertz CT molecular complexity index is 1090. The molecule has 2 aliphatic heterocycles. The third-order valence-electron chi connectivity index (χ3n) is 6.60. The van der Waals surface area contributed by atoms with E-state index in [-0.39, 0.29) is 5.91 Å². The van der Waals surface area contributed by atoms with Crippen molar-refractivity contribution in [3.63, 3.8) is 0 Å². The number of pyridine rings is 1. The lowest BCUT2D eigenvalue weighted by Gasteiger charge is -2.46. The standard InChI is InChI=1S/C23H24Cl2N4O/c1-27-9-8-19-21(25)20(12-26-22(19)27)23(30)29-11-10-28-13-16(4-7-18(28)14-29)15-2-5-17(24)6-3-15/h2-3,5-6,8-9,12,16,18H,4,7,10-11,13-14H2,1H3/t16-,18+/m0/s1. The number of nitrogens with zero attached hydrogens (tertiary/aromatic N) is 4. The smallest absolute Gasteiger partial charge is 0.257 e. The molecule has 3 aromatic rings. The first-order chi connectivity index (χ1) is 14.5. The summed E-state index contributed by atoms with van der Waals surface area (Å²) in [6, 6.07) is 10.5. The van der Waals surface area contributed by atoms with Gasteiger partial charge in [0.1, 0.15) is 5.65 Å². The summed E-state index contributed by atoms with van der Waals surface area (Å²) in [6.07, 6.45) is 5.75. The fourth-order valence-electron chi connectivity index (χ4n) is 4.87. The molecular weight excluding hydrogens is 419 g/mol. The highest BCUT2D eigenvalue weighted by molar-refractivity contribution is 6.38. The molecule has 156 valence electrons. The fourth-order valence-corrected chi connectivity index (χ4v) is 5.27. The molecule has 5 rings (SSSR count). The van der Waals surface area contributed by atoms with Crippen molar-refractivity contribution in [2.24, 2.45) is 7.05 Å². The van der Waals surface area contributed by atoms with E-state index in [2.05, 4.69) is 22.0 Å². The van der Waals surface area contributed by atoms with Gasteiger partial charge in [0.25, 0.3) is 5.91 Å². The second-order valence-corrected chi connectivity index (χ2v) is 9.19. The average Bonchev–Trinajstić information content (AvgIpc) is 3.15. The Morgan fingerprint density at radius 1 is 1.07 bits per heavy atom. The first-order valence-electron chi connectivity index (χ1n) is 10.4. The largest absolute Gasteiger partial charge is 0.336 e. The maximum atomic E-state index is 13.2. The topological polar surface area (TPSA) is 41.4 Å². The summed E-state index contributed by atoms with van der Waals surface area (Å²) in [5, 5.41) is 2.10. The van der Waals surface area contributed by atoms with Gasteiger partial charge in [-0.25, -0.2) is 4.98 Å². The van der Waals surface area contributed by atoms with Gasteiger partial charge in [-0.1, -0.05) is 35.3 Å². The summed E-state index contributed by atoms with van der Waals surface area (Å²) < 4.78 is 1.91. The Balaban J connectivity index is 1.29. The number of carbonyl (C=O) groups excluding carboxylic acids is 1. The van der Waals surface area contributed by atoms with Crippen LogP contribution in [0.5, 0.6) is 0 Å². The molecule has 0 aliphatic carbocycles. The van der Waals surface area contributed by atoms with Crippen molar-refractivity contribution >= 4 is 40.1 Å². The first kappa shape index (κ1) is 19.9. The minimum atomic E-state index is -0.0160. The number of fused-ring (bicyclic) bond motifs is 2. The molecule has 0 spiro atoms.